The summed E-state index contributed by atoms with van der Waals surface area (Å²) in [5, 5.41) is 10.2. The van der Waals surface area contributed by atoms with Crippen LogP contribution in [0.25, 0.3) is 0 Å². The standard InChI is InChI=1S/C16H14Cl2N2O4S/c17-11-4-5-12(18)15-9(11)2-1-3-13(15)20-25(23,24)14-8-19-7-6-10(14)16(21)22/h4-8,13,20H,1-3H2,(H,21,22). The van der Waals surface area contributed by atoms with Crippen LogP contribution in [0.2, 0.25) is 10.0 Å². The first-order chi connectivity index (χ1) is 11.8. The lowest BCUT2D eigenvalue weighted by Gasteiger charge is -2.28. The van der Waals surface area contributed by atoms with Crippen molar-refractivity contribution in [1.29, 1.82) is 0 Å². The first-order valence-electron chi connectivity index (χ1n) is 7.47. The summed E-state index contributed by atoms with van der Waals surface area (Å²) >= 11 is 12.5. The normalized spacial score (nSPS) is 17.1. The Kier molecular flexibility index (Phi) is 5.02. The number of rotatable bonds is 4. The molecule has 3 rings (SSSR count). The summed E-state index contributed by atoms with van der Waals surface area (Å²) in [5.41, 5.74) is 1.12. The molecule has 1 heterocycles. The van der Waals surface area contributed by atoms with Crippen molar-refractivity contribution >= 4 is 39.2 Å². The summed E-state index contributed by atoms with van der Waals surface area (Å²) < 4.78 is 28.0. The number of benzene rings is 1. The van der Waals surface area contributed by atoms with Gasteiger partial charge in [0.25, 0.3) is 0 Å². The number of nitrogens with zero attached hydrogens (tertiary/aromatic N) is 1. The van der Waals surface area contributed by atoms with E-state index in [1.54, 1.807) is 12.1 Å². The van der Waals surface area contributed by atoms with E-state index in [4.69, 9.17) is 23.2 Å². The summed E-state index contributed by atoms with van der Waals surface area (Å²) in [6.07, 6.45) is 4.23. The lowest BCUT2D eigenvalue weighted by Crippen LogP contribution is -2.32. The van der Waals surface area contributed by atoms with Crippen LogP contribution in [-0.2, 0) is 16.4 Å². The van der Waals surface area contributed by atoms with Crippen LogP contribution in [0.15, 0.2) is 35.5 Å². The number of nitrogens with one attached hydrogen (secondary N) is 1. The van der Waals surface area contributed by atoms with Crippen LogP contribution in [0.4, 0.5) is 0 Å². The number of fused-ring (bicyclic) bond motifs is 1. The van der Waals surface area contributed by atoms with Crippen LogP contribution >= 0.6 is 23.2 Å². The summed E-state index contributed by atoms with van der Waals surface area (Å²) in [6, 6.07) is 3.88. The van der Waals surface area contributed by atoms with E-state index in [2.05, 4.69) is 9.71 Å². The van der Waals surface area contributed by atoms with Gasteiger partial charge in [-0.25, -0.2) is 17.9 Å². The first kappa shape index (κ1) is 18.1. The first-order valence-corrected chi connectivity index (χ1v) is 9.71. The molecule has 2 N–H and O–H groups in total. The zero-order chi connectivity index (χ0) is 18.2. The number of sulfonamides is 1. The predicted octanol–water partition coefficient (Wildman–Crippen LogP) is 3.44. The number of hydrogen-bond acceptors (Lipinski definition) is 4. The molecule has 6 nitrogen and oxygen atoms in total. The van der Waals surface area contributed by atoms with E-state index in [1.807, 2.05) is 0 Å². The molecular formula is C16H14Cl2N2O4S. The van der Waals surface area contributed by atoms with Crippen molar-refractivity contribution in [3.05, 3.63) is 57.3 Å². The number of aromatic nitrogens is 1. The predicted molar refractivity (Wildman–Crippen MR) is 93.7 cm³/mol. The molecular weight excluding hydrogens is 387 g/mol. The topological polar surface area (TPSA) is 96.4 Å². The average Bonchev–Trinajstić information content (AvgIpc) is 2.58. The third-order valence-electron chi connectivity index (χ3n) is 4.12. The molecule has 1 atom stereocenters. The van der Waals surface area contributed by atoms with E-state index in [0.717, 1.165) is 24.2 Å². The maximum absolute atomic E-state index is 12.7. The maximum Gasteiger partial charge on any atom is 0.337 e. The molecule has 0 bridgehead atoms. The molecule has 1 unspecified atom stereocenters. The molecule has 1 aromatic heterocycles. The Morgan fingerprint density at radius 3 is 2.68 bits per heavy atom. The molecule has 0 amide bonds. The Balaban J connectivity index is 2.02. The van der Waals surface area contributed by atoms with E-state index < -0.39 is 22.0 Å². The fourth-order valence-electron chi connectivity index (χ4n) is 3.01. The number of carboxylic acids is 1. The van der Waals surface area contributed by atoms with Crippen molar-refractivity contribution in [3.63, 3.8) is 0 Å². The van der Waals surface area contributed by atoms with Gasteiger partial charge in [0, 0.05) is 28.5 Å². The van der Waals surface area contributed by atoms with Gasteiger partial charge in [0.2, 0.25) is 10.0 Å². The van der Waals surface area contributed by atoms with E-state index in [0.29, 0.717) is 28.5 Å². The van der Waals surface area contributed by atoms with Crippen LogP contribution < -0.4 is 4.72 Å². The van der Waals surface area contributed by atoms with Crippen LogP contribution in [-0.4, -0.2) is 24.5 Å². The zero-order valence-electron chi connectivity index (χ0n) is 12.9. The van der Waals surface area contributed by atoms with Gasteiger partial charge < -0.3 is 5.11 Å². The molecule has 1 aliphatic carbocycles. The number of pyridine rings is 1. The molecule has 1 aliphatic rings. The molecule has 1 aromatic carbocycles. The number of hydrogen-bond donors (Lipinski definition) is 2. The molecule has 132 valence electrons. The molecule has 9 heteroatoms. The van der Waals surface area contributed by atoms with Gasteiger partial charge in [-0.15, -0.1) is 0 Å². The molecule has 0 fully saturated rings. The van der Waals surface area contributed by atoms with Gasteiger partial charge in [0.1, 0.15) is 4.90 Å². The van der Waals surface area contributed by atoms with Crippen LogP contribution in [0, 0.1) is 0 Å². The van der Waals surface area contributed by atoms with E-state index in [1.165, 1.54) is 6.20 Å². The van der Waals surface area contributed by atoms with Crippen molar-refractivity contribution in [1.82, 2.24) is 9.71 Å². The SMILES string of the molecule is O=C(O)c1ccncc1S(=O)(=O)NC1CCCc2c(Cl)ccc(Cl)c21. The number of halogens is 2. The van der Waals surface area contributed by atoms with Gasteiger partial charge in [-0.3, -0.25) is 4.98 Å². The molecule has 0 saturated heterocycles. The minimum atomic E-state index is -4.10. The molecule has 0 spiro atoms. The molecule has 0 saturated carbocycles. The maximum atomic E-state index is 12.7. The number of carboxylic acid groups (broad SMARTS) is 1. The van der Waals surface area contributed by atoms with Gasteiger partial charge >= 0.3 is 5.97 Å². The van der Waals surface area contributed by atoms with Gasteiger partial charge in [-0.1, -0.05) is 23.2 Å². The van der Waals surface area contributed by atoms with Crippen LogP contribution in [0.5, 0.6) is 0 Å². The van der Waals surface area contributed by atoms with E-state index in [9.17, 15) is 18.3 Å². The Morgan fingerprint density at radius 2 is 1.96 bits per heavy atom. The zero-order valence-corrected chi connectivity index (χ0v) is 15.2. The summed E-state index contributed by atoms with van der Waals surface area (Å²) in [5.74, 6) is -1.34. The Morgan fingerprint density at radius 1 is 1.24 bits per heavy atom. The Labute approximate surface area is 154 Å². The average molecular weight is 401 g/mol. The van der Waals surface area contributed by atoms with Crippen LogP contribution in [0.3, 0.4) is 0 Å². The highest BCUT2D eigenvalue weighted by Gasteiger charge is 2.31. The second-order valence-electron chi connectivity index (χ2n) is 5.66. The lowest BCUT2D eigenvalue weighted by atomic mass is 9.88. The number of carbonyl (C=O) groups is 1. The highest BCUT2D eigenvalue weighted by atomic mass is 35.5. The minimum absolute atomic E-state index is 0.337. The second kappa shape index (κ2) is 6.92. The largest absolute Gasteiger partial charge is 0.478 e. The van der Waals surface area contributed by atoms with Crippen LogP contribution in [0.1, 0.15) is 40.4 Å². The molecule has 0 aliphatic heterocycles. The smallest absolute Gasteiger partial charge is 0.337 e. The van der Waals surface area contributed by atoms with Crippen molar-refractivity contribution in [2.24, 2.45) is 0 Å². The van der Waals surface area contributed by atoms with Gasteiger partial charge in [0.15, 0.2) is 0 Å². The molecule has 2 aromatic rings. The fraction of sp³-hybridized carbons (Fsp3) is 0.250. The number of aromatic carboxylic acids is 1. The monoisotopic (exact) mass is 400 g/mol. The van der Waals surface area contributed by atoms with Crippen molar-refractivity contribution in [3.8, 4) is 0 Å². The summed E-state index contributed by atoms with van der Waals surface area (Å²) in [6.45, 7) is 0. The summed E-state index contributed by atoms with van der Waals surface area (Å²) in [4.78, 5) is 14.7. The molecule has 25 heavy (non-hydrogen) atoms. The highest BCUT2D eigenvalue weighted by Crippen LogP contribution is 2.39. The fourth-order valence-corrected chi connectivity index (χ4v) is 4.96. The summed E-state index contributed by atoms with van der Waals surface area (Å²) in [7, 11) is -4.10. The van der Waals surface area contributed by atoms with Crippen molar-refractivity contribution < 1.29 is 18.3 Å². The highest BCUT2D eigenvalue weighted by molar-refractivity contribution is 7.89. The van der Waals surface area contributed by atoms with Crippen molar-refractivity contribution in [2.75, 3.05) is 0 Å². The van der Waals surface area contributed by atoms with Gasteiger partial charge in [-0.05, 0) is 48.6 Å². The second-order valence-corrected chi connectivity index (χ2v) is 8.16. The Bertz CT molecular complexity index is 947. The van der Waals surface area contributed by atoms with E-state index in [-0.39, 0.29) is 10.5 Å². The molecule has 0 radical (unpaired) electrons. The van der Waals surface area contributed by atoms with Crippen molar-refractivity contribution in [2.45, 2.75) is 30.2 Å². The quantitative estimate of drug-likeness (QED) is 0.818. The van der Waals surface area contributed by atoms with Gasteiger partial charge in [0.05, 0.1) is 5.56 Å². The Hall–Kier alpha value is -1.67. The minimum Gasteiger partial charge on any atom is -0.478 e. The van der Waals surface area contributed by atoms with Gasteiger partial charge in [-0.2, -0.15) is 0 Å². The lowest BCUT2D eigenvalue weighted by molar-refractivity contribution is 0.0692. The third-order valence-corrected chi connectivity index (χ3v) is 6.30. The van der Waals surface area contributed by atoms with E-state index >= 15 is 0 Å². The third kappa shape index (κ3) is 3.50.